The van der Waals surface area contributed by atoms with E-state index in [1.54, 1.807) is 10.6 Å². The summed E-state index contributed by atoms with van der Waals surface area (Å²) in [6, 6.07) is 9.56. The van der Waals surface area contributed by atoms with Crippen molar-refractivity contribution in [1.29, 1.82) is 5.26 Å². The second-order valence-electron chi connectivity index (χ2n) is 4.80. The fourth-order valence-electron chi connectivity index (χ4n) is 2.41. The number of para-hydroxylation sites is 2. The van der Waals surface area contributed by atoms with E-state index in [1.807, 2.05) is 24.3 Å². The monoisotopic (exact) mass is 291 g/mol. The van der Waals surface area contributed by atoms with Crippen LogP contribution in [-0.2, 0) is 11.3 Å². The molecule has 0 saturated carbocycles. The number of carbonyl (C=O) groups is 1. The minimum atomic E-state index is -0.255. The van der Waals surface area contributed by atoms with Crippen LogP contribution < -0.4 is 5.32 Å². The minimum Gasteiger partial charge on any atom is -0.311 e. The van der Waals surface area contributed by atoms with Gasteiger partial charge in [0.2, 0.25) is 5.91 Å². The normalized spacial score (nSPS) is 10.5. The molecule has 3 aromatic rings. The summed E-state index contributed by atoms with van der Waals surface area (Å²) in [4.78, 5) is 20.6. The van der Waals surface area contributed by atoms with E-state index in [0.717, 1.165) is 5.52 Å². The fraction of sp³-hybridized carbons (Fsp3) is 0.125. The molecule has 6 nitrogen and oxygen atoms in total. The molecule has 0 aliphatic carbocycles. The first kappa shape index (κ1) is 13.8. The SMILES string of the molecule is C=CCn1c(NC(C)=O)c(C#N)c2nc3ccccc3nc21. The second kappa shape index (κ2) is 5.30. The van der Waals surface area contributed by atoms with Gasteiger partial charge in [-0.05, 0) is 12.1 Å². The Morgan fingerprint density at radius 2 is 2.09 bits per heavy atom. The van der Waals surface area contributed by atoms with Crippen molar-refractivity contribution in [3.63, 3.8) is 0 Å². The Morgan fingerprint density at radius 1 is 1.41 bits per heavy atom. The van der Waals surface area contributed by atoms with E-state index < -0.39 is 0 Å². The summed E-state index contributed by atoms with van der Waals surface area (Å²) in [6.45, 7) is 5.53. The predicted octanol–water partition coefficient (Wildman–Crippen LogP) is 2.60. The van der Waals surface area contributed by atoms with Crippen LogP contribution in [0.5, 0.6) is 0 Å². The van der Waals surface area contributed by atoms with Gasteiger partial charge in [0.15, 0.2) is 5.65 Å². The van der Waals surface area contributed by atoms with Crippen LogP contribution in [0.3, 0.4) is 0 Å². The summed E-state index contributed by atoms with van der Waals surface area (Å²) in [5.74, 6) is 0.148. The molecule has 1 amide bonds. The lowest BCUT2D eigenvalue weighted by Crippen LogP contribution is -2.12. The lowest BCUT2D eigenvalue weighted by atomic mass is 10.2. The number of benzene rings is 1. The molecule has 1 N–H and O–H groups in total. The molecule has 0 bridgehead atoms. The van der Waals surface area contributed by atoms with Gasteiger partial charge in [-0.3, -0.25) is 4.79 Å². The summed E-state index contributed by atoms with van der Waals surface area (Å²) in [6.07, 6.45) is 1.68. The van der Waals surface area contributed by atoms with Crippen molar-refractivity contribution in [3.8, 4) is 6.07 Å². The Kier molecular flexibility index (Phi) is 3.31. The highest BCUT2D eigenvalue weighted by Gasteiger charge is 2.20. The molecular weight excluding hydrogens is 278 g/mol. The number of aromatic nitrogens is 3. The average Bonchev–Trinajstić information content (AvgIpc) is 2.77. The van der Waals surface area contributed by atoms with Crippen LogP contribution in [0.4, 0.5) is 5.82 Å². The summed E-state index contributed by atoms with van der Waals surface area (Å²) in [5, 5.41) is 12.2. The first-order valence-corrected chi connectivity index (χ1v) is 6.73. The summed E-state index contributed by atoms with van der Waals surface area (Å²) in [5.41, 5.74) is 2.78. The Bertz CT molecular complexity index is 948. The third-order valence-corrected chi connectivity index (χ3v) is 3.27. The second-order valence-corrected chi connectivity index (χ2v) is 4.80. The molecule has 0 saturated heterocycles. The van der Waals surface area contributed by atoms with E-state index in [0.29, 0.717) is 34.6 Å². The number of allylic oxidation sites excluding steroid dienone is 1. The number of amides is 1. The number of hydrogen-bond donors (Lipinski definition) is 1. The van der Waals surface area contributed by atoms with Crippen LogP contribution in [0.2, 0.25) is 0 Å². The molecule has 2 aromatic heterocycles. The molecular formula is C16H13N5O. The van der Waals surface area contributed by atoms with Crippen LogP contribution in [0, 0.1) is 11.3 Å². The maximum atomic E-state index is 11.4. The largest absolute Gasteiger partial charge is 0.311 e. The molecule has 0 aliphatic rings. The molecule has 2 heterocycles. The maximum absolute atomic E-state index is 11.4. The van der Waals surface area contributed by atoms with Gasteiger partial charge in [0.1, 0.15) is 23.0 Å². The van der Waals surface area contributed by atoms with Crippen molar-refractivity contribution in [2.45, 2.75) is 13.5 Å². The number of hydrogen-bond acceptors (Lipinski definition) is 4. The average molecular weight is 291 g/mol. The van der Waals surface area contributed by atoms with E-state index in [2.05, 4.69) is 27.9 Å². The highest BCUT2D eigenvalue weighted by Crippen LogP contribution is 2.29. The molecule has 22 heavy (non-hydrogen) atoms. The molecule has 3 rings (SSSR count). The van der Waals surface area contributed by atoms with E-state index in [9.17, 15) is 10.1 Å². The molecule has 0 radical (unpaired) electrons. The van der Waals surface area contributed by atoms with Crippen LogP contribution in [-0.4, -0.2) is 20.4 Å². The maximum Gasteiger partial charge on any atom is 0.222 e. The third-order valence-electron chi connectivity index (χ3n) is 3.27. The minimum absolute atomic E-state index is 0.255. The molecule has 0 atom stereocenters. The first-order valence-electron chi connectivity index (χ1n) is 6.73. The van der Waals surface area contributed by atoms with Gasteiger partial charge in [0.05, 0.1) is 11.0 Å². The highest BCUT2D eigenvalue weighted by molar-refractivity contribution is 5.98. The van der Waals surface area contributed by atoms with Crippen LogP contribution in [0.25, 0.3) is 22.2 Å². The molecule has 0 spiro atoms. The van der Waals surface area contributed by atoms with E-state index in [4.69, 9.17) is 0 Å². The van der Waals surface area contributed by atoms with Crippen molar-refractivity contribution in [1.82, 2.24) is 14.5 Å². The summed E-state index contributed by atoms with van der Waals surface area (Å²) >= 11 is 0. The summed E-state index contributed by atoms with van der Waals surface area (Å²) in [7, 11) is 0. The zero-order valence-corrected chi connectivity index (χ0v) is 12.0. The molecule has 0 unspecified atom stereocenters. The Hall–Kier alpha value is -3.20. The lowest BCUT2D eigenvalue weighted by molar-refractivity contribution is -0.114. The van der Waals surface area contributed by atoms with Gasteiger partial charge < -0.3 is 9.88 Å². The molecule has 6 heteroatoms. The fourth-order valence-corrected chi connectivity index (χ4v) is 2.41. The zero-order valence-electron chi connectivity index (χ0n) is 12.0. The van der Waals surface area contributed by atoms with Crippen molar-refractivity contribution in [2.75, 3.05) is 5.32 Å². The number of nitrogens with zero attached hydrogens (tertiary/aromatic N) is 4. The number of anilines is 1. The molecule has 0 aliphatic heterocycles. The number of nitriles is 1. The standard InChI is InChI=1S/C16H13N5O/c1-3-8-21-15(18-10(2)22)11(9-17)14-16(21)20-13-7-5-4-6-12(13)19-14/h3-7H,1,8H2,2H3,(H,18,22). The quantitative estimate of drug-likeness (QED) is 0.752. The molecule has 108 valence electrons. The Morgan fingerprint density at radius 3 is 2.68 bits per heavy atom. The highest BCUT2D eigenvalue weighted by atomic mass is 16.1. The van der Waals surface area contributed by atoms with Gasteiger partial charge in [-0.1, -0.05) is 18.2 Å². The first-order chi connectivity index (χ1) is 10.7. The van der Waals surface area contributed by atoms with Crippen molar-refractivity contribution < 1.29 is 4.79 Å². The topological polar surface area (TPSA) is 83.6 Å². The number of nitrogens with one attached hydrogen (secondary N) is 1. The number of rotatable bonds is 3. The van der Waals surface area contributed by atoms with Crippen LogP contribution >= 0.6 is 0 Å². The van der Waals surface area contributed by atoms with Gasteiger partial charge in [-0.15, -0.1) is 6.58 Å². The lowest BCUT2D eigenvalue weighted by Gasteiger charge is -2.07. The van der Waals surface area contributed by atoms with Crippen molar-refractivity contribution in [3.05, 3.63) is 42.5 Å². The third kappa shape index (κ3) is 2.09. The summed E-state index contributed by atoms with van der Waals surface area (Å²) < 4.78 is 1.74. The smallest absolute Gasteiger partial charge is 0.222 e. The predicted molar refractivity (Wildman–Crippen MR) is 84.2 cm³/mol. The van der Waals surface area contributed by atoms with Crippen LogP contribution in [0.1, 0.15) is 12.5 Å². The number of carbonyl (C=O) groups excluding carboxylic acids is 1. The van der Waals surface area contributed by atoms with Gasteiger partial charge in [0, 0.05) is 13.5 Å². The van der Waals surface area contributed by atoms with Crippen molar-refractivity contribution in [2.24, 2.45) is 0 Å². The molecule has 0 fully saturated rings. The van der Waals surface area contributed by atoms with Gasteiger partial charge >= 0.3 is 0 Å². The molecule has 1 aromatic carbocycles. The van der Waals surface area contributed by atoms with Gasteiger partial charge in [-0.25, -0.2) is 9.97 Å². The zero-order chi connectivity index (χ0) is 15.7. The Balaban J connectivity index is 2.43. The van der Waals surface area contributed by atoms with E-state index in [1.165, 1.54) is 6.92 Å². The van der Waals surface area contributed by atoms with Crippen molar-refractivity contribution >= 4 is 33.9 Å². The van der Waals surface area contributed by atoms with E-state index >= 15 is 0 Å². The number of fused-ring (bicyclic) bond motifs is 2. The van der Waals surface area contributed by atoms with Gasteiger partial charge in [-0.2, -0.15) is 5.26 Å². The van der Waals surface area contributed by atoms with E-state index in [-0.39, 0.29) is 5.91 Å². The van der Waals surface area contributed by atoms with Gasteiger partial charge in [0.25, 0.3) is 0 Å². The van der Waals surface area contributed by atoms with Crippen LogP contribution in [0.15, 0.2) is 36.9 Å². The Labute approximate surface area is 126 Å².